The van der Waals surface area contributed by atoms with E-state index < -0.39 is 0 Å². The second-order valence-corrected chi connectivity index (χ2v) is 5.78. The number of azo groups is 1. The normalized spacial score (nSPS) is 19.6. The van der Waals surface area contributed by atoms with Crippen LogP contribution in [0.3, 0.4) is 0 Å². The molecule has 0 aliphatic carbocycles. The Morgan fingerprint density at radius 2 is 2.09 bits per heavy atom. The van der Waals surface area contributed by atoms with Crippen LogP contribution in [0.5, 0.6) is 5.75 Å². The first-order chi connectivity index (χ1) is 10.8. The molecule has 1 atom stereocenters. The zero-order valence-electron chi connectivity index (χ0n) is 13.8. The third kappa shape index (κ3) is 5.73. The average molecular weight is 304 g/mol. The Kier molecular flexibility index (Phi) is 7.33. The molecular formula is C17H28N4O. The van der Waals surface area contributed by atoms with Crippen LogP contribution in [0.15, 0.2) is 34.5 Å². The van der Waals surface area contributed by atoms with Crippen molar-refractivity contribution >= 4 is 5.69 Å². The Morgan fingerprint density at radius 1 is 1.27 bits per heavy atom. The van der Waals surface area contributed by atoms with E-state index in [1.54, 1.807) is 0 Å². The second-order valence-electron chi connectivity index (χ2n) is 5.78. The van der Waals surface area contributed by atoms with Gasteiger partial charge in [-0.25, -0.2) is 0 Å². The summed E-state index contributed by atoms with van der Waals surface area (Å²) in [5.74, 6) is 0.807. The third-order valence-corrected chi connectivity index (χ3v) is 4.02. The molecular weight excluding hydrogens is 276 g/mol. The van der Waals surface area contributed by atoms with Gasteiger partial charge in [-0.3, -0.25) is 0 Å². The molecule has 5 heteroatoms. The summed E-state index contributed by atoms with van der Waals surface area (Å²) in [6.07, 6.45) is 5.17. The van der Waals surface area contributed by atoms with E-state index in [4.69, 9.17) is 4.84 Å². The first kappa shape index (κ1) is 16.9. The summed E-state index contributed by atoms with van der Waals surface area (Å²) in [7, 11) is 0. The zero-order valence-corrected chi connectivity index (χ0v) is 13.8. The predicted molar refractivity (Wildman–Crippen MR) is 89.6 cm³/mol. The molecule has 2 rings (SSSR count). The number of likely N-dealkylation sites (tertiary alicyclic amines) is 1. The molecule has 0 spiro atoms. The molecule has 0 aromatic heterocycles. The van der Waals surface area contributed by atoms with Crippen LogP contribution in [-0.2, 0) is 0 Å². The highest BCUT2D eigenvalue weighted by atomic mass is 16.6. The van der Waals surface area contributed by atoms with Crippen LogP contribution in [0, 0.1) is 0 Å². The summed E-state index contributed by atoms with van der Waals surface area (Å²) in [6, 6.07) is 8.37. The maximum absolute atomic E-state index is 5.54. The summed E-state index contributed by atoms with van der Waals surface area (Å²) in [4.78, 5) is 8.12. The molecule has 0 saturated carbocycles. The van der Waals surface area contributed by atoms with Crippen LogP contribution < -0.4 is 10.3 Å². The lowest BCUT2D eigenvalue weighted by atomic mass is 10.0. The number of hydrogen-bond donors (Lipinski definition) is 1. The molecule has 5 nitrogen and oxygen atoms in total. The fourth-order valence-corrected chi connectivity index (χ4v) is 2.71. The smallest absolute Gasteiger partial charge is 0.147 e. The van der Waals surface area contributed by atoms with Crippen molar-refractivity contribution in [3.8, 4) is 5.75 Å². The SMILES string of the molecule is CCN=Nc1ccc(ONCCCN2CCCCC2C)cc1. The summed E-state index contributed by atoms with van der Waals surface area (Å²) < 4.78 is 0. The first-order valence-corrected chi connectivity index (χ1v) is 8.41. The summed E-state index contributed by atoms with van der Waals surface area (Å²) in [5.41, 5.74) is 3.89. The van der Waals surface area contributed by atoms with Crippen LogP contribution in [-0.4, -0.2) is 37.1 Å². The number of nitrogens with zero attached hydrogens (tertiary/aromatic N) is 3. The van der Waals surface area contributed by atoms with E-state index in [1.165, 1.54) is 25.8 Å². The number of hydroxylamine groups is 1. The van der Waals surface area contributed by atoms with Gasteiger partial charge in [-0.1, -0.05) is 6.42 Å². The number of hydrogen-bond acceptors (Lipinski definition) is 5. The highest BCUT2D eigenvalue weighted by Crippen LogP contribution is 2.18. The van der Waals surface area contributed by atoms with Crippen molar-refractivity contribution in [3.05, 3.63) is 24.3 Å². The first-order valence-electron chi connectivity index (χ1n) is 8.41. The van der Waals surface area contributed by atoms with Crippen LogP contribution in [0.25, 0.3) is 0 Å². The second kappa shape index (κ2) is 9.54. The number of rotatable bonds is 8. The number of nitrogens with one attached hydrogen (secondary N) is 1. The lowest BCUT2D eigenvalue weighted by Gasteiger charge is -2.33. The molecule has 0 bridgehead atoms. The topological polar surface area (TPSA) is 49.2 Å². The van der Waals surface area contributed by atoms with Crippen molar-refractivity contribution < 1.29 is 4.84 Å². The minimum atomic E-state index is 0.704. The highest BCUT2D eigenvalue weighted by molar-refractivity contribution is 5.40. The minimum absolute atomic E-state index is 0.704. The molecule has 1 saturated heterocycles. The van der Waals surface area contributed by atoms with Gasteiger partial charge in [0.15, 0.2) is 0 Å². The van der Waals surface area contributed by atoms with Gasteiger partial charge in [0, 0.05) is 12.6 Å². The molecule has 1 heterocycles. The third-order valence-electron chi connectivity index (χ3n) is 4.02. The van der Waals surface area contributed by atoms with E-state index >= 15 is 0 Å². The van der Waals surface area contributed by atoms with Crippen molar-refractivity contribution in [3.63, 3.8) is 0 Å². The van der Waals surface area contributed by atoms with E-state index in [9.17, 15) is 0 Å². The van der Waals surface area contributed by atoms with Crippen LogP contribution in [0.1, 0.15) is 39.5 Å². The van der Waals surface area contributed by atoms with Crippen LogP contribution >= 0.6 is 0 Å². The van der Waals surface area contributed by atoms with Gasteiger partial charge in [-0.05, 0) is 70.5 Å². The molecule has 1 N–H and O–H groups in total. The minimum Gasteiger partial charge on any atom is -0.409 e. The van der Waals surface area contributed by atoms with Gasteiger partial charge in [-0.15, -0.1) is 0 Å². The quantitative estimate of drug-likeness (QED) is 0.449. The van der Waals surface area contributed by atoms with Gasteiger partial charge in [0.25, 0.3) is 0 Å². The number of piperidine rings is 1. The molecule has 22 heavy (non-hydrogen) atoms. The maximum Gasteiger partial charge on any atom is 0.147 e. The van der Waals surface area contributed by atoms with Gasteiger partial charge in [0.2, 0.25) is 0 Å². The van der Waals surface area contributed by atoms with E-state index in [0.29, 0.717) is 6.54 Å². The van der Waals surface area contributed by atoms with Gasteiger partial charge in [0.1, 0.15) is 5.75 Å². The molecule has 1 aromatic rings. The van der Waals surface area contributed by atoms with Gasteiger partial charge >= 0.3 is 0 Å². The zero-order chi connectivity index (χ0) is 15.6. The lowest BCUT2D eigenvalue weighted by Crippen LogP contribution is -2.39. The Labute approximate surface area is 133 Å². The molecule has 1 aromatic carbocycles. The molecule has 1 unspecified atom stereocenters. The van der Waals surface area contributed by atoms with E-state index in [0.717, 1.165) is 37.0 Å². The predicted octanol–water partition coefficient (Wildman–Crippen LogP) is 3.94. The van der Waals surface area contributed by atoms with E-state index in [-0.39, 0.29) is 0 Å². The Morgan fingerprint density at radius 3 is 2.82 bits per heavy atom. The Balaban J connectivity index is 1.61. The molecule has 0 amide bonds. The number of benzene rings is 1. The van der Waals surface area contributed by atoms with Crippen molar-refractivity contribution in [2.45, 2.75) is 45.6 Å². The molecule has 0 radical (unpaired) electrons. The van der Waals surface area contributed by atoms with Crippen molar-refractivity contribution in [1.82, 2.24) is 10.4 Å². The highest BCUT2D eigenvalue weighted by Gasteiger charge is 2.16. The fraction of sp³-hybridized carbons (Fsp3) is 0.647. The summed E-state index contributed by atoms with van der Waals surface area (Å²) in [6.45, 7) is 8.26. The van der Waals surface area contributed by atoms with Gasteiger partial charge in [0.05, 0.1) is 12.2 Å². The lowest BCUT2D eigenvalue weighted by molar-refractivity contribution is 0.144. The van der Waals surface area contributed by atoms with Gasteiger partial charge < -0.3 is 9.74 Å². The molecule has 122 valence electrons. The average Bonchev–Trinajstić information content (AvgIpc) is 2.55. The van der Waals surface area contributed by atoms with Gasteiger partial charge in [-0.2, -0.15) is 15.7 Å². The Bertz CT molecular complexity index is 446. The molecule has 1 fully saturated rings. The van der Waals surface area contributed by atoms with Crippen molar-refractivity contribution in [2.75, 3.05) is 26.2 Å². The fourth-order valence-electron chi connectivity index (χ4n) is 2.71. The summed E-state index contributed by atoms with van der Waals surface area (Å²) >= 11 is 0. The molecule has 1 aliphatic heterocycles. The maximum atomic E-state index is 5.54. The van der Waals surface area contributed by atoms with Crippen molar-refractivity contribution in [1.29, 1.82) is 0 Å². The Hall–Kier alpha value is -1.46. The van der Waals surface area contributed by atoms with E-state index in [2.05, 4.69) is 27.5 Å². The summed E-state index contributed by atoms with van der Waals surface area (Å²) in [5, 5.41) is 8.05. The van der Waals surface area contributed by atoms with Crippen molar-refractivity contribution in [2.24, 2.45) is 10.2 Å². The standard InChI is InChI=1S/C17H28N4O/c1-3-18-20-16-8-10-17(11-9-16)22-19-12-6-14-21-13-5-4-7-15(21)2/h8-11,15,19H,3-7,12-14H2,1-2H3. The largest absolute Gasteiger partial charge is 0.409 e. The van der Waals surface area contributed by atoms with E-state index in [1.807, 2.05) is 31.2 Å². The van der Waals surface area contributed by atoms with Crippen LogP contribution in [0.2, 0.25) is 0 Å². The van der Waals surface area contributed by atoms with Crippen LogP contribution in [0.4, 0.5) is 5.69 Å². The molecule has 1 aliphatic rings. The monoisotopic (exact) mass is 304 g/mol.